The zero-order valence-corrected chi connectivity index (χ0v) is 20.8. The normalized spacial score (nSPS) is 12.1. The molecule has 0 spiro atoms. The van der Waals surface area contributed by atoms with Crippen molar-refractivity contribution in [2.45, 2.75) is 52.6 Å². The van der Waals surface area contributed by atoms with E-state index in [9.17, 15) is 18.0 Å². The predicted octanol–water partition coefficient (Wildman–Crippen LogP) is 3.48. The van der Waals surface area contributed by atoms with Crippen LogP contribution in [0.4, 0.5) is 5.69 Å². The molecule has 1 atom stereocenters. The Bertz CT molecular complexity index is 1010. The number of carbonyl (C=O) groups is 2. The minimum absolute atomic E-state index is 0.214. The molecule has 1 N–H and O–H groups in total. The summed E-state index contributed by atoms with van der Waals surface area (Å²) >= 11 is 0. The molecule has 180 valence electrons. The summed E-state index contributed by atoms with van der Waals surface area (Å²) in [6.07, 6.45) is 3.29. The molecule has 0 unspecified atom stereocenters. The summed E-state index contributed by atoms with van der Waals surface area (Å²) in [5.41, 5.74) is 2.37. The van der Waals surface area contributed by atoms with Crippen LogP contribution in [-0.2, 0) is 26.2 Å². The monoisotopic (exact) mass is 473 g/mol. The Balaban J connectivity index is 2.36. The standard InChI is InChI=1S/C25H35N3O4S/c1-5-7-17-26-25(30)23(6-2)27(18-21-15-13-20(3)14-16-21)24(29)19-28(33(4,31)32)22-11-9-8-10-12-22/h8-16,23H,5-7,17-19H2,1-4H3,(H,26,30)/t23-/m1/s1. The molecule has 2 aromatic carbocycles. The Labute approximate surface area is 197 Å². The minimum Gasteiger partial charge on any atom is -0.354 e. The molecule has 0 aromatic heterocycles. The fourth-order valence-electron chi connectivity index (χ4n) is 3.52. The lowest BCUT2D eigenvalue weighted by atomic mass is 10.1. The summed E-state index contributed by atoms with van der Waals surface area (Å²) in [5.74, 6) is -0.653. The Kier molecular flexibility index (Phi) is 9.91. The highest BCUT2D eigenvalue weighted by molar-refractivity contribution is 7.92. The lowest BCUT2D eigenvalue weighted by Crippen LogP contribution is -2.52. The van der Waals surface area contributed by atoms with Gasteiger partial charge >= 0.3 is 0 Å². The summed E-state index contributed by atoms with van der Waals surface area (Å²) in [6, 6.07) is 15.6. The molecule has 0 aliphatic heterocycles. The van der Waals surface area contributed by atoms with Gasteiger partial charge in [-0.05, 0) is 37.5 Å². The van der Waals surface area contributed by atoms with Gasteiger partial charge in [0.25, 0.3) is 0 Å². The smallest absolute Gasteiger partial charge is 0.244 e. The van der Waals surface area contributed by atoms with Crippen LogP contribution in [0, 0.1) is 6.92 Å². The second kappa shape index (κ2) is 12.4. The zero-order chi connectivity index (χ0) is 24.4. The van der Waals surface area contributed by atoms with E-state index in [0.29, 0.717) is 18.7 Å². The van der Waals surface area contributed by atoms with E-state index in [1.54, 1.807) is 30.3 Å². The molecular formula is C25H35N3O4S. The lowest BCUT2D eigenvalue weighted by molar-refractivity contribution is -0.140. The number of amides is 2. The van der Waals surface area contributed by atoms with Crippen molar-refractivity contribution in [1.82, 2.24) is 10.2 Å². The fourth-order valence-corrected chi connectivity index (χ4v) is 4.37. The number of para-hydroxylation sites is 1. The van der Waals surface area contributed by atoms with Crippen LogP contribution in [0.2, 0.25) is 0 Å². The molecule has 0 saturated heterocycles. The number of nitrogens with zero attached hydrogens (tertiary/aromatic N) is 2. The lowest BCUT2D eigenvalue weighted by Gasteiger charge is -2.33. The molecular weight excluding hydrogens is 438 g/mol. The number of hydrogen-bond donors (Lipinski definition) is 1. The van der Waals surface area contributed by atoms with E-state index in [-0.39, 0.29) is 19.0 Å². The van der Waals surface area contributed by atoms with E-state index in [1.807, 2.05) is 45.0 Å². The molecule has 0 radical (unpaired) electrons. The maximum atomic E-state index is 13.5. The van der Waals surface area contributed by atoms with Crippen LogP contribution in [-0.4, -0.2) is 50.5 Å². The first-order valence-corrected chi connectivity index (χ1v) is 13.2. The molecule has 0 aliphatic rings. The number of hydrogen-bond acceptors (Lipinski definition) is 4. The number of sulfonamides is 1. The largest absolute Gasteiger partial charge is 0.354 e. The number of rotatable bonds is 12. The molecule has 0 heterocycles. The average Bonchev–Trinajstić information content (AvgIpc) is 2.78. The van der Waals surface area contributed by atoms with Crippen LogP contribution in [0.3, 0.4) is 0 Å². The Morgan fingerprint density at radius 1 is 1.00 bits per heavy atom. The first-order valence-electron chi connectivity index (χ1n) is 11.3. The molecule has 2 aromatic rings. The van der Waals surface area contributed by atoms with Gasteiger partial charge in [0.05, 0.1) is 11.9 Å². The second-order valence-electron chi connectivity index (χ2n) is 8.18. The summed E-state index contributed by atoms with van der Waals surface area (Å²) in [7, 11) is -3.71. The van der Waals surface area contributed by atoms with Gasteiger partial charge < -0.3 is 10.2 Å². The Morgan fingerprint density at radius 3 is 2.18 bits per heavy atom. The van der Waals surface area contributed by atoms with E-state index < -0.39 is 22.0 Å². The average molecular weight is 474 g/mol. The maximum absolute atomic E-state index is 13.5. The number of anilines is 1. The van der Waals surface area contributed by atoms with Crippen molar-refractivity contribution in [3.63, 3.8) is 0 Å². The molecule has 0 saturated carbocycles. The molecule has 33 heavy (non-hydrogen) atoms. The third-order valence-electron chi connectivity index (χ3n) is 5.41. The van der Waals surface area contributed by atoms with Gasteiger partial charge in [0.15, 0.2) is 0 Å². The molecule has 7 nitrogen and oxygen atoms in total. The quantitative estimate of drug-likeness (QED) is 0.478. The highest BCUT2D eigenvalue weighted by atomic mass is 32.2. The van der Waals surface area contributed by atoms with Crippen LogP contribution in [0.1, 0.15) is 44.2 Å². The molecule has 0 fully saturated rings. The van der Waals surface area contributed by atoms with Crippen LogP contribution >= 0.6 is 0 Å². The van der Waals surface area contributed by atoms with Gasteiger partial charge in [-0.3, -0.25) is 13.9 Å². The Hall–Kier alpha value is -2.87. The first kappa shape index (κ1) is 26.4. The summed E-state index contributed by atoms with van der Waals surface area (Å²) in [4.78, 5) is 28.0. The van der Waals surface area contributed by atoms with Gasteiger partial charge in [-0.1, -0.05) is 68.3 Å². The summed E-state index contributed by atoms with van der Waals surface area (Å²) in [6.45, 7) is 6.24. The second-order valence-corrected chi connectivity index (χ2v) is 10.1. The van der Waals surface area contributed by atoms with Crippen LogP contribution in [0.25, 0.3) is 0 Å². The third-order valence-corrected chi connectivity index (χ3v) is 6.55. The van der Waals surface area contributed by atoms with Crippen LogP contribution in [0.5, 0.6) is 0 Å². The minimum atomic E-state index is -3.71. The van der Waals surface area contributed by atoms with Gasteiger partial charge in [-0.15, -0.1) is 0 Å². The molecule has 8 heteroatoms. The van der Waals surface area contributed by atoms with Gasteiger partial charge in [-0.2, -0.15) is 0 Å². The number of benzene rings is 2. The number of nitrogens with one attached hydrogen (secondary N) is 1. The first-order chi connectivity index (χ1) is 15.7. The predicted molar refractivity (Wildman–Crippen MR) is 132 cm³/mol. The number of carbonyl (C=O) groups excluding carboxylic acids is 2. The van der Waals surface area contributed by atoms with E-state index in [4.69, 9.17) is 0 Å². The molecule has 0 bridgehead atoms. The van der Waals surface area contributed by atoms with Crippen LogP contribution in [0.15, 0.2) is 54.6 Å². The third kappa shape index (κ3) is 7.89. The summed E-state index contributed by atoms with van der Waals surface area (Å²) < 4.78 is 26.1. The van der Waals surface area contributed by atoms with Crippen molar-refractivity contribution < 1.29 is 18.0 Å². The van der Waals surface area contributed by atoms with Crippen LogP contribution < -0.4 is 9.62 Å². The van der Waals surface area contributed by atoms with E-state index in [1.165, 1.54) is 4.90 Å². The SMILES string of the molecule is CCCCNC(=O)[C@@H](CC)N(Cc1ccc(C)cc1)C(=O)CN(c1ccccc1)S(C)(=O)=O. The number of aryl methyl sites for hydroxylation is 1. The highest BCUT2D eigenvalue weighted by Crippen LogP contribution is 2.19. The van der Waals surface area contributed by atoms with Crippen molar-refractivity contribution in [2.24, 2.45) is 0 Å². The highest BCUT2D eigenvalue weighted by Gasteiger charge is 2.31. The van der Waals surface area contributed by atoms with Crippen molar-refractivity contribution in [1.29, 1.82) is 0 Å². The van der Waals surface area contributed by atoms with E-state index in [0.717, 1.165) is 34.5 Å². The van der Waals surface area contributed by atoms with Gasteiger partial charge in [0, 0.05) is 13.1 Å². The van der Waals surface area contributed by atoms with Gasteiger partial charge in [0.2, 0.25) is 21.8 Å². The van der Waals surface area contributed by atoms with Crippen molar-refractivity contribution in [2.75, 3.05) is 23.7 Å². The van der Waals surface area contributed by atoms with Crippen molar-refractivity contribution >= 4 is 27.5 Å². The van der Waals surface area contributed by atoms with E-state index in [2.05, 4.69) is 5.32 Å². The summed E-state index contributed by atoms with van der Waals surface area (Å²) in [5, 5.41) is 2.92. The van der Waals surface area contributed by atoms with Gasteiger partial charge in [0.1, 0.15) is 12.6 Å². The van der Waals surface area contributed by atoms with E-state index >= 15 is 0 Å². The van der Waals surface area contributed by atoms with Crippen molar-refractivity contribution in [3.8, 4) is 0 Å². The maximum Gasteiger partial charge on any atom is 0.244 e. The topological polar surface area (TPSA) is 86.8 Å². The Morgan fingerprint density at radius 2 is 1.64 bits per heavy atom. The zero-order valence-electron chi connectivity index (χ0n) is 20.0. The van der Waals surface area contributed by atoms with Gasteiger partial charge in [-0.25, -0.2) is 8.42 Å². The molecule has 2 amide bonds. The molecule has 0 aliphatic carbocycles. The number of unbranched alkanes of at least 4 members (excludes halogenated alkanes) is 1. The molecule has 2 rings (SSSR count). The van der Waals surface area contributed by atoms with Crippen molar-refractivity contribution in [3.05, 3.63) is 65.7 Å². The fraction of sp³-hybridized carbons (Fsp3) is 0.440.